The largest absolute Gasteiger partial charge is 0.494 e. The molecule has 0 bridgehead atoms. The maximum Gasteiger partial charge on any atom is 0.227 e. The number of aliphatic hydroxyl groups is 1. The number of methoxy groups -OCH3 is 1. The first kappa shape index (κ1) is 32.2. The molecule has 45 heavy (non-hydrogen) atoms. The van der Waals surface area contributed by atoms with E-state index in [1.807, 2.05) is 51.5 Å². The fourth-order valence-corrected chi connectivity index (χ4v) is 5.27. The van der Waals surface area contributed by atoms with Crippen molar-refractivity contribution < 1.29 is 9.84 Å². The lowest BCUT2D eigenvalue weighted by molar-refractivity contribution is 0.280. The van der Waals surface area contributed by atoms with E-state index in [2.05, 4.69) is 48.0 Å². The molecular weight excluding hydrogens is 611 g/mol. The number of hydrogen-bond donors (Lipinski definition) is 2. The van der Waals surface area contributed by atoms with Gasteiger partial charge in [-0.2, -0.15) is 0 Å². The van der Waals surface area contributed by atoms with Crippen molar-refractivity contribution in [3.63, 3.8) is 0 Å². The van der Waals surface area contributed by atoms with E-state index < -0.39 is 0 Å². The van der Waals surface area contributed by atoms with Crippen LogP contribution in [0.25, 0.3) is 22.2 Å². The summed E-state index contributed by atoms with van der Waals surface area (Å²) in [5, 5.41) is 14.4. The van der Waals surface area contributed by atoms with Gasteiger partial charge in [-0.15, -0.1) is 0 Å². The van der Waals surface area contributed by atoms with E-state index in [1.165, 1.54) is 0 Å². The highest BCUT2D eigenvalue weighted by atomic mass is 35.5. The van der Waals surface area contributed by atoms with Crippen LogP contribution in [0.3, 0.4) is 0 Å². The van der Waals surface area contributed by atoms with E-state index in [1.54, 1.807) is 31.8 Å². The average molecular weight is 648 g/mol. The number of aryl methyl sites for hydroxylation is 1. The third-order valence-corrected chi connectivity index (χ3v) is 8.11. The molecule has 0 spiro atoms. The van der Waals surface area contributed by atoms with Crippen LogP contribution in [0.1, 0.15) is 12.0 Å². The quantitative estimate of drug-likeness (QED) is 0.108. The van der Waals surface area contributed by atoms with Gasteiger partial charge in [0, 0.05) is 86.2 Å². The number of benzene rings is 2. The Morgan fingerprint density at radius 1 is 1.04 bits per heavy atom. The highest BCUT2D eigenvalue weighted by molar-refractivity contribution is 6.42. The normalized spacial score (nSPS) is 11.6. The lowest BCUT2D eigenvalue weighted by Crippen LogP contribution is -2.28. The number of pyridine rings is 1. The highest BCUT2D eigenvalue weighted by Gasteiger charge is 2.17. The minimum atomic E-state index is 0.130. The predicted octanol–water partition coefficient (Wildman–Crippen LogP) is 6.68. The van der Waals surface area contributed by atoms with Gasteiger partial charge in [0.1, 0.15) is 10.9 Å². The number of fused-ring (bicyclic) bond motifs is 1. The Bertz CT molecular complexity index is 1810. The van der Waals surface area contributed by atoms with Gasteiger partial charge in [0.2, 0.25) is 5.95 Å². The lowest BCUT2D eigenvalue weighted by atomic mass is 10.1. The Morgan fingerprint density at radius 3 is 2.62 bits per heavy atom. The van der Waals surface area contributed by atoms with Gasteiger partial charge in [0.25, 0.3) is 0 Å². The summed E-state index contributed by atoms with van der Waals surface area (Å²) in [5.74, 6) is 1.02. The third kappa shape index (κ3) is 7.54. The van der Waals surface area contributed by atoms with Crippen molar-refractivity contribution in [1.82, 2.24) is 24.4 Å². The van der Waals surface area contributed by atoms with Gasteiger partial charge in [0.05, 0.1) is 34.9 Å². The Balaban J connectivity index is 1.53. The smallest absolute Gasteiger partial charge is 0.227 e. The van der Waals surface area contributed by atoms with Crippen molar-refractivity contribution in [3.05, 3.63) is 82.9 Å². The standard InChI is InChI=1S/C33H36Cl2N8O2/c1-41(2)15-16-42(3)29-19-30(45-4)27(18-26(29)38-20-22-10-12-36-32(35)31(22)34)40-33-37-13-11-25(39-33)24-21-43(14-7-17-44)28-9-6-5-8-23(24)28/h5-6,8-13,18-21,44H,7,14-17H2,1-4H3,(H,37,39,40). The van der Waals surface area contributed by atoms with Crippen LogP contribution < -0.4 is 15.0 Å². The summed E-state index contributed by atoms with van der Waals surface area (Å²) >= 11 is 12.5. The molecule has 12 heteroatoms. The van der Waals surface area contributed by atoms with Gasteiger partial charge >= 0.3 is 0 Å². The molecule has 0 amide bonds. The first-order valence-corrected chi connectivity index (χ1v) is 15.3. The first-order chi connectivity index (χ1) is 21.8. The number of nitrogens with one attached hydrogen (secondary N) is 1. The molecule has 2 N–H and O–H groups in total. The van der Waals surface area contributed by atoms with Gasteiger partial charge in [-0.1, -0.05) is 41.4 Å². The van der Waals surface area contributed by atoms with Crippen molar-refractivity contribution in [2.45, 2.75) is 13.0 Å². The molecule has 234 valence electrons. The van der Waals surface area contributed by atoms with Gasteiger partial charge < -0.3 is 29.5 Å². The molecule has 0 saturated carbocycles. The summed E-state index contributed by atoms with van der Waals surface area (Å²) in [6.45, 7) is 2.46. The van der Waals surface area contributed by atoms with Crippen LogP contribution in [-0.2, 0) is 6.54 Å². The van der Waals surface area contributed by atoms with E-state index >= 15 is 0 Å². The van der Waals surface area contributed by atoms with Crippen LogP contribution >= 0.6 is 23.2 Å². The molecule has 0 atom stereocenters. The van der Waals surface area contributed by atoms with Crippen LogP contribution in [0.5, 0.6) is 5.75 Å². The number of aliphatic hydroxyl groups excluding tert-OH is 1. The molecule has 0 aliphatic heterocycles. The molecule has 0 saturated heterocycles. The minimum absolute atomic E-state index is 0.130. The fourth-order valence-electron chi connectivity index (χ4n) is 4.94. The average Bonchev–Trinajstić information content (AvgIpc) is 3.42. The zero-order valence-corrected chi connectivity index (χ0v) is 27.2. The number of likely N-dealkylation sites (N-methyl/N-ethyl adjacent to an activating group) is 2. The molecule has 3 aromatic heterocycles. The fraction of sp³-hybridized carbons (Fsp3) is 0.273. The molecule has 5 aromatic rings. The van der Waals surface area contributed by atoms with Crippen LogP contribution in [-0.4, -0.2) is 83.7 Å². The summed E-state index contributed by atoms with van der Waals surface area (Å²) in [7, 11) is 7.72. The molecule has 10 nitrogen and oxygen atoms in total. The van der Waals surface area contributed by atoms with Gasteiger partial charge in [-0.25, -0.2) is 15.0 Å². The predicted molar refractivity (Wildman–Crippen MR) is 184 cm³/mol. The molecule has 0 unspecified atom stereocenters. The second-order valence-electron chi connectivity index (χ2n) is 10.8. The van der Waals surface area contributed by atoms with E-state index in [0.29, 0.717) is 46.6 Å². The number of ether oxygens (including phenoxy) is 1. The molecule has 5 rings (SSSR count). The number of para-hydroxylation sites is 1. The number of halogens is 2. The highest BCUT2D eigenvalue weighted by Crippen LogP contribution is 2.40. The number of aliphatic imine (C=N–C) groups is 1. The van der Waals surface area contributed by atoms with Crippen molar-refractivity contribution in [1.29, 1.82) is 0 Å². The van der Waals surface area contributed by atoms with Gasteiger partial charge in [0.15, 0.2) is 0 Å². The van der Waals surface area contributed by atoms with Crippen molar-refractivity contribution >= 4 is 63.3 Å². The summed E-state index contributed by atoms with van der Waals surface area (Å²) in [4.78, 5) is 22.5. The second-order valence-corrected chi connectivity index (χ2v) is 11.5. The van der Waals surface area contributed by atoms with Crippen molar-refractivity contribution in [2.75, 3.05) is 58.2 Å². The Morgan fingerprint density at radius 2 is 1.84 bits per heavy atom. The molecule has 0 fully saturated rings. The number of hydrogen-bond acceptors (Lipinski definition) is 9. The Kier molecular flexibility index (Phi) is 10.5. The van der Waals surface area contributed by atoms with Crippen molar-refractivity contribution in [3.8, 4) is 17.0 Å². The monoisotopic (exact) mass is 646 g/mol. The van der Waals surface area contributed by atoms with Crippen LogP contribution in [0.4, 0.5) is 23.0 Å². The number of nitrogens with zero attached hydrogens (tertiary/aromatic N) is 7. The van der Waals surface area contributed by atoms with E-state index in [9.17, 15) is 5.11 Å². The SMILES string of the molecule is COc1cc(N(C)CCN(C)C)c(N=Cc2ccnc(Cl)c2Cl)cc1Nc1nccc(-c2cn(CCCO)c3ccccc23)n1. The van der Waals surface area contributed by atoms with Gasteiger partial charge in [-0.3, -0.25) is 4.99 Å². The molecular formula is C33H36Cl2N8O2. The summed E-state index contributed by atoms with van der Waals surface area (Å²) < 4.78 is 7.97. The minimum Gasteiger partial charge on any atom is -0.494 e. The molecule has 0 aliphatic carbocycles. The summed E-state index contributed by atoms with van der Waals surface area (Å²) in [5.41, 5.74) is 5.70. The van der Waals surface area contributed by atoms with E-state index in [4.69, 9.17) is 37.9 Å². The Labute approximate surface area is 272 Å². The molecule has 0 aliphatic rings. The maximum absolute atomic E-state index is 9.39. The third-order valence-electron chi connectivity index (χ3n) is 7.33. The molecule has 3 heterocycles. The van der Waals surface area contributed by atoms with Crippen LogP contribution in [0.15, 0.2) is 72.1 Å². The summed E-state index contributed by atoms with van der Waals surface area (Å²) in [6.07, 6.45) is 7.74. The topological polar surface area (TPSA) is 104 Å². The maximum atomic E-state index is 9.39. The first-order valence-electron chi connectivity index (χ1n) is 14.5. The zero-order chi connectivity index (χ0) is 31.9. The van der Waals surface area contributed by atoms with E-state index in [0.717, 1.165) is 40.9 Å². The number of anilines is 3. The van der Waals surface area contributed by atoms with Crippen LogP contribution in [0, 0.1) is 0 Å². The second kappa shape index (κ2) is 14.7. The van der Waals surface area contributed by atoms with Crippen LogP contribution in [0.2, 0.25) is 10.2 Å². The number of aromatic nitrogens is 4. The number of rotatable bonds is 13. The Hall–Kier alpha value is -4.22. The van der Waals surface area contributed by atoms with Gasteiger partial charge in [-0.05, 0) is 44.8 Å². The summed E-state index contributed by atoms with van der Waals surface area (Å²) in [6, 6.07) is 15.7. The van der Waals surface area contributed by atoms with Crippen molar-refractivity contribution in [2.24, 2.45) is 4.99 Å². The lowest BCUT2D eigenvalue weighted by Gasteiger charge is -2.24. The zero-order valence-electron chi connectivity index (χ0n) is 25.7. The molecule has 0 radical (unpaired) electrons. The van der Waals surface area contributed by atoms with E-state index in [-0.39, 0.29) is 11.8 Å². The molecule has 2 aromatic carbocycles.